The zero-order valence-corrected chi connectivity index (χ0v) is 11.7. The molecule has 0 spiro atoms. The number of nitrogens with zero attached hydrogens (tertiary/aromatic N) is 4. The minimum atomic E-state index is 0.854. The molecule has 3 aromatic rings. The summed E-state index contributed by atoms with van der Waals surface area (Å²) in [5.41, 5.74) is 0.877. The zero-order chi connectivity index (χ0) is 13.2. The third kappa shape index (κ3) is 2.42. The number of fused-ring (bicyclic) bond motifs is 1. The van der Waals surface area contributed by atoms with Crippen molar-refractivity contribution in [1.82, 2.24) is 15.0 Å². The van der Waals surface area contributed by atoms with Gasteiger partial charge in [0.2, 0.25) is 0 Å². The van der Waals surface area contributed by atoms with E-state index in [4.69, 9.17) is 0 Å². The lowest BCUT2D eigenvalue weighted by Crippen LogP contribution is -2.17. The topological polar surface area (TPSA) is 41.9 Å². The van der Waals surface area contributed by atoms with E-state index in [2.05, 4.69) is 46.0 Å². The minimum absolute atomic E-state index is 0.854. The van der Waals surface area contributed by atoms with Gasteiger partial charge in [0.1, 0.15) is 12.1 Å². The number of hydrogen-bond donors (Lipinski definition) is 0. The predicted molar refractivity (Wildman–Crippen MR) is 78.5 cm³/mol. The van der Waals surface area contributed by atoms with Crippen LogP contribution in [0.5, 0.6) is 0 Å². The van der Waals surface area contributed by atoms with Crippen molar-refractivity contribution < 1.29 is 0 Å². The summed E-state index contributed by atoms with van der Waals surface area (Å²) in [5, 5.41) is 1.04. The van der Waals surface area contributed by atoms with Gasteiger partial charge in [-0.2, -0.15) is 0 Å². The summed E-state index contributed by atoms with van der Waals surface area (Å²) in [5.74, 6) is 0.943. The van der Waals surface area contributed by atoms with Crippen LogP contribution in [0.4, 0.5) is 5.82 Å². The number of anilines is 1. The second-order valence-electron chi connectivity index (χ2n) is 4.46. The number of aryl methyl sites for hydroxylation is 1. The highest BCUT2D eigenvalue weighted by Crippen LogP contribution is 2.24. The molecule has 3 rings (SSSR count). The van der Waals surface area contributed by atoms with Gasteiger partial charge in [0.25, 0.3) is 0 Å². The maximum Gasteiger partial charge on any atom is 0.140 e. The molecule has 0 aliphatic rings. The second-order valence-corrected chi connectivity index (χ2v) is 5.83. The lowest BCUT2D eigenvalue weighted by Gasteiger charge is -2.18. The van der Waals surface area contributed by atoms with E-state index in [-0.39, 0.29) is 0 Å². The van der Waals surface area contributed by atoms with E-state index in [1.54, 1.807) is 18.7 Å². The predicted octanol–water partition coefficient (Wildman–Crippen LogP) is 3.03. The summed E-state index contributed by atoms with van der Waals surface area (Å²) in [6.07, 6.45) is 5.14. The Labute approximate surface area is 115 Å². The molecule has 0 atom stereocenters. The normalized spacial score (nSPS) is 10.8. The van der Waals surface area contributed by atoms with Gasteiger partial charge in [0, 0.05) is 28.4 Å². The van der Waals surface area contributed by atoms with Crippen LogP contribution < -0.4 is 4.90 Å². The molecule has 0 saturated heterocycles. The van der Waals surface area contributed by atoms with Crippen LogP contribution >= 0.6 is 11.3 Å². The maximum absolute atomic E-state index is 4.40. The molecule has 0 bridgehead atoms. The molecule has 3 aromatic heterocycles. The summed E-state index contributed by atoms with van der Waals surface area (Å²) >= 11 is 1.82. The van der Waals surface area contributed by atoms with Gasteiger partial charge in [-0.15, -0.1) is 11.3 Å². The Morgan fingerprint density at radius 2 is 2.11 bits per heavy atom. The SMILES string of the molecule is Cc1ccc(CN(C)c2ncnc3cnccc23)s1. The first-order valence-corrected chi connectivity index (χ1v) is 6.87. The van der Waals surface area contributed by atoms with Crippen molar-refractivity contribution in [2.75, 3.05) is 11.9 Å². The third-order valence-electron chi connectivity index (χ3n) is 2.97. The molecule has 0 fully saturated rings. The van der Waals surface area contributed by atoms with Gasteiger partial charge in [0.15, 0.2) is 0 Å². The van der Waals surface area contributed by atoms with E-state index in [0.29, 0.717) is 0 Å². The van der Waals surface area contributed by atoms with Crippen LogP contribution in [0.1, 0.15) is 9.75 Å². The fraction of sp³-hybridized carbons (Fsp3) is 0.214. The number of aromatic nitrogens is 3. The fourth-order valence-electron chi connectivity index (χ4n) is 2.08. The van der Waals surface area contributed by atoms with E-state index >= 15 is 0 Å². The van der Waals surface area contributed by atoms with Crippen molar-refractivity contribution in [3.8, 4) is 0 Å². The van der Waals surface area contributed by atoms with E-state index in [1.807, 2.05) is 17.4 Å². The van der Waals surface area contributed by atoms with E-state index in [0.717, 1.165) is 23.3 Å². The van der Waals surface area contributed by atoms with Crippen molar-refractivity contribution in [3.05, 3.63) is 46.7 Å². The lowest BCUT2D eigenvalue weighted by atomic mass is 10.2. The largest absolute Gasteiger partial charge is 0.354 e. The highest BCUT2D eigenvalue weighted by molar-refractivity contribution is 7.11. The van der Waals surface area contributed by atoms with Crippen LogP contribution in [0.25, 0.3) is 10.9 Å². The van der Waals surface area contributed by atoms with Crippen LogP contribution in [0.3, 0.4) is 0 Å². The average molecular weight is 270 g/mol. The second kappa shape index (κ2) is 4.93. The standard InChI is InChI=1S/C14H14N4S/c1-10-3-4-11(19-10)8-18(2)14-12-5-6-15-7-13(12)16-9-17-14/h3-7,9H,8H2,1-2H3. The van der Waals surface area contributed by atoms with E-state index in [9.17, 15) is 0 Å². The van der Waals surface area contributed by atoms with Gasteiger partial charge in [-0.1, -0.05) is 0 Å². The van der Waals surface area contributed by atoms with Crippen LogP contribution in [0.15, 0.2) is 36.9 Å². The monoisotopic (exact) mass is 270 g/mol. The van der Waals surface area contributed by atoms with Crippen molar-refractivity contribution in [2.24, 2.45) is 0 Å². The molecule has 0 radical (unpaired) electrons. The van der Waals surface area contributed by atoms with E-state index < -0.39 is 0 Å². The minimum Gasteiger partial charge on any atom is -0.354 e. The lowest BCUT2D eigenvalue weighted by molar-refractivity contribution is 0.914. The molecular weight excluding hydrogens is 256 g/mol. The average Bonchev–Trinajstić information content (AvgIpc) is 2.83. The van der Waals surface area contributed by atoms with Gasteiger partial charge in [-0.05, 0) is 25.1 Å². The van der Waals surface area contributed by atoms with Gasteiger partial charge < -0.3 is 4.90 Å². The summed E-state index contributed by atoms with van der Waals surface area (Å²) < 4.78 is 0. The number of hydrogen-bond acceptors (Lipinski definition) is 5. The molecule has 4 nitrogen and oxygen atoms in total. The Morgan fingerprint density at radius 1 is 1.21 bits per heavy atom. The molecular formula is C14H14N4S. The number of thiophene rings is 1. The Balaban J connectivity index is 1.95. The molecule has 5 heteroatoms. The summed E-state index contributed by atoms with van der Waals surface area (Å²) in [4.78, 5) is 17.5. The molecule has 0 unspecified atom stereocenters. The van der Waals surface area contributed by atoms with Crippen LogP contribution in [0, 0.1) is 6.92 Å². The number of pyridine rings is 1. The Kier molecular flexibility index (Phi) is 3.13. The zero-order valence-electron chi connectivity index (χ0n) is 10.9. The first kappa shape index (κ1) is 12.0. The van der Waals surface area contributed by atoms with Gasteiger partial charge in [-0.3, -0.25) is 4.98 Å². The molecule has 0 aromatic carbocycles. The van der Waals surface area contributed by atoms with Crippen LogP contribution in [-0.2, 0) is 6.54 Å². The van der Waals surface area contributed by atoms with Crippen molar-refractivity contribution in [1.29, 1.82) is 0 Å². The maximum atomic E-state index is 4.40. The molecule has 0 amide bonds. The first-order chi connectivity index (χ1) is 9.24. The smallest absolute Gasteiger partial charge is 0.140 e. The van der Waals surface area contributed by atoms with Crippen molar-refractivity contribution in [2.45, 2.75) is 13.5 Å². The molecule has 0 aliphatic heterocycles. The van der Waals surface area contributed by atoms with Crippen LogP contribution in [-0.4, -0.2) is 22.0 Å². The molecule has 0 N–H and O–H groups in total. The summed E-state index contributed by atoms with van der Waals surface area (Å²) in [6, 6.07) is 6.28. The summed E-state index contributed by atoms with van der Waals surface area (Å²) in [7, 11) is 2.05. The molecule has 96 valence electrons. The number of rotatable bonds is 3. The molecule has 0 saturated carbocycles. The quantitative estimate of drug-likeness (QED) is 0.733. The molecule has 19 heavy (non-hydrogen) atoms. The fourth-order valence-corrected chi connectivity index (χ4v) is 3.02. The third-order valence-corrected chi connectivity index (χ3v) is 3.95. The van der Waals surface area contributed by atoms with Gasteiger partial charge >= 0.3 is 0 Å². The highest BCUT2D eigenvalue weighted by atomic mass is 32.1. The first-order valence-electron chi connectivity index (χ1n) is 6.05. The highest BCUT2D eigenvalue weighted by Gasteiger charge is 2.09. The Morgan fingerprint density at radius 3 is 2.89 bits per heavy atom. The van der Waals surface area contributed by atoms with Gasteiger partial charge in [0.05, 0.1) is 18.3 Å². The van der Waals surface area contributed by atoms with Crippen LogP contribution in [0.2, 0.25) is 0 Å². The Bertz CT molecular complexity index is 702. The Hall–Kier alpha value is -2.01. The van der Waals surface area contributed by atoms with Crippen molar-refractivity contribution >= 4 is 28.1 Å². The van der Waals surface area contributed by atoms with Gasteiger partial charge in [-0.25, -0.2) is 9.97 Å². The van der Waals surface area contributed by atoms with E-state index in [1.165, 1.54) is 9.75 Å². The summed E-state index contributed by atoms with van der Waals surface area (Å²) in [6.45, 7) is 2.98. The van der Waals surface area contributed by atoms with Crippen molar-refractivity contribution in [3.63, 3.8) is 0 Å². The molecule has 0 aliphatic carbocycles. The molecule has 3 heterocycles.